The number of nitrogens with one attached hydrogen (secondary N) is 1. The van der Waals surface area contributed by atoms with Crippen LogP contribution in [0.5, 0.6) is 0 Å². The molecule has 6 nitrogen and oxygen atoms in total. The van der Waals surface area contributed by atoms with Gasteiger partial charge >= 0.3 is 5.97 Å². The summed E-state index contributed by atoms with van der Waals surface area (Å²) in [7, 11) is 1.33. The van der Waals surface area contributed by atoms with Gasteiger partial charge < -0.3 is 9.15 Å². The van der Waals surface area contributed by atoms with Crippen molar-refractivity contribution in [2.24, 2.45) is 5.10 Å². The minimum absolute atomic E-state index is 0.226. The third-order valence-corrected chi connectivity index (χ3v) is 4.38. The lowest BCUT2D eigenvalue weighted by Crippen LogP contribution is -2.19. The van der Waals surface area contributed by atoms with E-state index in [-0.39, 0.29) is 12.3 Å². The molecule has 0 saturated heterocycles. The number of rotatable bonds is 6. The topological polar surface area (TPSA) is 80.9 Å². The maximum absolute atomic E-state index is 11.9. The van der Waals surface area contributed by atoms with Crippen LogP contribution in [0.25, 0.3) is 11.3 Å². The zero-order valence-corrected chi connectivity index (χ0v) is 16.6. The Bertz CT molecular complexity index is 1010. The minimum atomic E-state index is -0.413. The lowest BCUT2D eigenvalue weighted by molar-refractivity contribution is -0.120. The number of halogens is 1. The Balaban J connectivity index is 1.60. The van der Waals surface area contributed by atoms with Crippen LogP contribution in [0.15, 0.2) is 74.7 Å². The van der Waals surface area contributed by atoms with E-state index in [4.69, 9.17) is 9.15 Å². The molecule has 0 aliphatic carbocycles. The Morgan fingerprint density at radius 1 is 1.14 bits per heavy atom. The number of hydrogen-bond acceptors (Lipinski definition) is 5. The standard InChI is InChI=1S/C21H17BrN2O4/c1-27-21(26)16-4-2-3-15(12-16)19-10-9-18(28-19)13-23-24-20(25)11-14-5-7-17(22)8-6-14/h2-10,12-13H,11H2,1H3,(H,24,25)/b23-13-. The Kier molecular flexibility index (Phi) is 6.39. The molecule has 0 atom stereocenters. The van der Waals surface area contributed by atoms with Crippen LogP contribution in [0.1, 0.15) is 21.7 Å². The molecule has 7 heteroatoms. The number of methoxy groups -OCH3 is 1. The van der Waals surface area contributed by atoms with Gasteiger partial charge in [-0.3, -0.25) is 4.79 Å². The van der Waals surface area contributed by atoms with Crippen molar-refractivity contribution in [2.75, 3.05) is 7.11 Å². The van der Waals surface area contributed by atoms with Gasteiger partial charge in [0.1, 0.15) is 11.5 Å². The number of furan rings is 1. The highest BCUT2D eigenvalue weighted by Gasteiger charge is 2.09. The molecule has 1 N–H and O–H groups in total. The zero-order valence-electron chi connectivity index (χ0n) is 15.0. The first-order valence-electron chi connectivity index (χ1n) is 8.40. The third-order valence-electron chi connectivity index (χ3n) is 3.85. The van der Waals surface area contributed by atoms with Crippen LogP contribution in [-0.4, -0.2) is 25.2 Å². The molecule has 2 aromatic carbocycles. The lowest BCUT2D eigenvalue weighted by atomic mass is 10.1. The molecular formula is C21H17BrN2O4. The average Bonchev–Trinajstić information content (AvgIpc) is 3.18. The van der Waals surface area contributed by atoms with Gasteiger partial charge in [-0.15, -0.1) is 0 Å². The largest absolute Gasteiger partial charge is 0.465 e. The first-order valence-corrected chi connectivity index (χ1v) is 9.19. The molecule has 0 unspecified atom stereocenters. The van der Waals surface area contributed by atoms with E-state index in [1.807, 2.05) is 30.3 Å². The molecule has 0 aliphatic rings. The van der Waals surface area contributed by atoms with Crippen LogP contribution in [0.4, 0.5) is 0 Å². The zero-order chi connectivity index (χ0) is 19.9. The van der Waals surface area contributed by atoms with E-state index in [1.54, 1.807) is 30.3 Å². The Labute approximate surface area is 170 Å². The molecule has 142 valence electrons. The van der Waals surface area contributed by atoms with Crippen molar-refractivity contribution in [2.45, 2.75) is 6.42 Å². The van der Waals surface area contributed by atoms with Crippen LogP contribution in [0.2, 0.25) is 0 Å². The molecule has 1 heterocycles. The minimum Gasteiger partial charge on any atom is -0.465 e. The number of esters is 1. The van der Waals surface area contributed by atoms with Gasteiger partial charge in [-0.2, -0.15) is 5.10 Å². The summed E-state index contributed by atoms with van der Waals surface area (Å²) in [4.78, 5) is 23.6. The van der Waals surface area contributed by atoms with E-state index in [1.165, 1.54) is 13.3 Å². The van der Waals surface area contributed by atoms with Crippen molar-refractivity contribution >= 4 is 34.0 Å². The van der Waals surface area contributed by atoms with Crippen molar-refractivity contribution in [3.05, 3.63) is 82.0 Å². The molecule has 0 spiro atoms. The fourth-order valence-corrected chi connectivity index (χ4v) is 2.75. The van der Waals surface area contributed by atoms with Gasteiger partial charge in [-0.25, -0.2) is 10.2 Å². The molecule has 0 radical (unpaired) electrons. The quantitative estimate of drug-likeness (QED) is 0.354. The van der Waals surface area contributed by atoms with Crippen molar-refractivity contribution in [3.8, 4) is 11.3 Å². The second kappa shape index (κ2) is 9.14. The molecule has 0 aliphatic heterocycles. The van der Waals surface area contributed by atoms with E-state index < -0.39 is 5.97 Å². The number of hydrogen-bond donors (Lipinski definition) is 1. The maximum Gasteiger partial charge on any atom is 0.337 e. The third kappa shape index (κ3) is 5.17. The van der Waals surface area contributed by atoms with Gasteiger partial charge in [0.25, 0.3) is 0 Å². The molecule has 1 amide bonds. The Hall–Kier alpha value is -3.19. The SMILES string of the molecule is COC(=O)c1cccc(-c2ccc(/C=N\NC(=O)Cc3ccc(Br)cc3)o2)c1. The van der Waals surface area contributed by atoms with Crippen LogP contribution >= 0.6 is 15.9 Å². The first-order chi connectivity index (χ1) is 13.5. The molecule has 3 rings (SSSR count). The summed E-state index contributed by atoms with van der Waals surface area (Å²) < 4.78 is 11.4. The van der Waals surface area contributed by atoms with Crippen molar-refractivity contribution < 1.29 is 18.7 Å². The van der Waals surface area contributed by atoms with Crippen molar-refractivity contribution in [1.29, 1.82) is 0 Å². The molecule has 0 bridgehead atoms. The van der Waals surface area contributed by atoms with Crippen molar-refractivity contribution in [3.63, 3.8) is 0 Å². The smallest absolute Gasteiger partial charge is 0.337 e. The highest BCUT2D eigenvalue weighted by Crippen LogP contribution is 2.23. The number of ether oxygens (including phenoxy) is 1. The van der Waals surface area contributed by atoms with E-state index >= 15 is 0 Å². The van der Waals surface area contributed by atoms with Gasteiger partial charge in [-0.05, 0) is 42.0 Å². The highest BCUT2D eigenvalue weighted by molar-refractivity contribution is 9.10. The first kappa shape index (κ1) is 19.6. The molecular weight excluding hydrogens is 424 g/mol. The second-order valence-electron chi connectivity index (χ2n) is 5.87. The number of amides is 1. The van der Waals surface area contributed by atoms with Gasteiger partial charge in [-0.1, -0.05) is 40.2 Å². The van der Waals surface area contributed by atoms with Gasteiger partial charge in [0.15, 0.2) is 0 Å². The van der Waals surface area contributed by atoms with E-state index in [9.17, 15) is 9.59 Å². The summed E-state index contributed by atoms with van der Waals surface area (Å²) in [5, 5.41) is 3.92. The number of benzene rings is 2. The van der Waals surface area contributed by atoms with Gasteiger partial charge in [0.2, 0.25) is 5.91 Å². The highest BCUT2D eigenvalue weighted by atomic mass is 79.9. The number of nitrogens with zero attached hydrogens (tertiary/aromatic N) is 1. The molecule has 3 aromatic rings. The maximum atomic E-state index is 11.9. The monoisotopic (exact) mass is 440 g/mol. The number of hydrazone groups is 1. The summed E-state index contributed by atoms with van der Waals surface area (Å²) in [6, 6.07) is 17.9. The lowest BCUT2D eigenvalue weighted by Gasteiger charge is -2.01. The molecule has 1 aromatic heterocycles. The van der Waals surface area contributed by atoms with Gasteiger partial charge in [0, 0.05) is 10.0 Å². The van der Waals surface area contributed by atoms with Crippen molar-refractivity contribution in [1.82, 2.24) is 5.43 Å². The van der Waals surface area contributed by atoms with Crippen LogP contribution in [0.3, 0.4) is 0 Å². The predicted octanol–water partition coefficient (Wildman–Crippen LogP) is 4.19. The molecule has 28 heavy (non-hydrogen) atoms. The summed E-state index contributed by atoms with van der Waals surface area (Å²) in [5.74, 6) is 0.413. The van der Waals surface area contributed by atoms with E-state index in [0.717, 1.165) is 15.6 Å². The summed E-state index contributed by atoms with van der Waals surface area (Å²) in [6.07, 6.45) is 1.65. The molecule has 0 fully saturated rings. The van der Waals surface area contributed by atoms with Crippen LogP contribution in [0, 0.1) is 0 Å². The fraction of sp³-hybridized carbons (Fsp3) is 0.0952. The summed E-state index contributed by atoms with van der Waals surface area (Å²) in [6.45, 7) is 0. The van der Waals surface area contributed by atoms with Crippen LogP contribution in [-0.2, 0) is 16.0 Å². The number of carbonyl (C=O) groups is 2. The average molecular weight is 441 g/mol. The predicted molar refractivity (Wildman–Crippen MR) is 109 cm³/mol. The normalized spacial score (nSPS) is 10.8. The summed E-state index contributed by atoms with van der Waals surface area (Å²) in [5.41, 5.74) is 4.54. The molecule has 0 saturated carbocycles. The van der Waals surface area contributed by atoms with Gasteiger partial charge in [0.05, 0.1) is 25.3 Å². The van der Waals surface area contributed by atoms with E-state index in [2.05, 4.69) is 26.5 Å². The Morgan fingerprint density at radius 3 is 2.68 bits per heavy atom. The second-order valence-corrected chi connectivity index (χ2v) is 6.79. The summed E-state index contributed by atoms with van der Waals surface area (Å²) >= 11 is 3.36. The van der Waals surface area contributed by atoms with Crippen LogP contribution < -0.4 is 5.43 Å². The fourth-order valence-electron chi connectivity index (χ4n) is 2.49. The number of carbonyl (C=O) groups excluding carboxylic acids is 2. The van der Waals surface area contributed by atoms with E-state index in [0.29, 0.717) is 17.1 Å². The Morgan fingerprint density at radius 2 is 1.93 bits per heavy atom.